The van der Waals surface area contributed by atoms with Crippen LogP contribution in [-0.4, -0.2) is 17.9 Å². The Kier molecular flexibility index (Phi) is 3.35. The second kappa shape index (κ2) is 4.56. The molecule has 0 fully saturated rings. The molecular weight excluding hydrogens is 250 g/mol. The number of halogens is 1. The third kappa shape index (κ3) is 2.20. The smallest absolute Gasteiger partial charge is 0.0402 e. The maximum absolute atomic E-state index is 3.56. The fourth-order valence-electron chi connectivity index (χ4n) is 2.29. The van der Waals surface area contributed by atoms with Gasteiger partial charge in [0, 0.05) is 23.6 Å². The predicted octanol–water partition coefficient (Wildman–Crippen LogP) is 3.47. The van der Waals surface area contributed by atoms with Crippen LogP contribution in [0.2, 0.25) is 0 Å². The van der Waals surface area contributed by atoms with Gasteiger partial charge in [-0.05, 0) is 30.9 Å². The van der Waals surface area contributed by atoms with Crippen LogP contribution in [0.4, 0.5) is 5.69 Å². The molecule has 2 heteroatoms. The fraction of sp³-hybridized carbons (Fsp3) is 0.538. The molecule has 2 atom stereocenters. The summed E-state index contributed by atoms with van der Waals surface area (Å²) in [6, 6.07) is 9.44. The lowest BCUT2D eigenvalue weighted by atomic mass is 10.1. The van der Waals surface area contributed by atoms with Crippen molar-refractivity contribution in [2.24, 2.45) is 5.92 Å². The SMILES string of the molecule is CC(CBr)CN1c2ccccc2CC1C. The lowest BCUT2D eigenvalue weighted by Gasteiger charge is -2.27. The molecule has 0 aromatic heterocycles. The van der Waals surface area contributed by atoms with Crippen molar-refractivity contribution in [2.75, 3.05) is 16.8 Å². The number of alkyl halides is 1. The molecule has 0 bridgehead atoms. The van der Waals surface area contributed by atoms with E-state index in [-0.39, 0.29) is 0 Å². The number of hydrogen-bond donors (Lipinski definition) is 0. The van der Waals surface area contributed by atoms with Crippen molar-refractivity contribution < 1.29 is 0 Å². The normalized spacial score (nSPS) is 21.5. The van der Waals surface area contributed by atoms with Crippen molar-refractivity contribution in [3.05, 3.63) is 29.8 Å². The van der Waals surface area contributed by atoms with Crippen LogP contribution in [0, 0.1) is 5.92 Å². The minimum absolute atomic E-state index is 0.656. The molecular formula is C13H18BrN. The summed E-state index contributed by atoms with van der Waals surface area (Å²) in [6.07, 6.45) is 1.20. The number of fused-ring (bicyclic) bond motifs is 1. The zero-order chi connectivity index (χ0) is 10.8. The van der Waals surface area contributed by atoms with E-state index < -0.39 is 0 Å². The zero-order valence-electron chi connectivity index (χ0n) is 9.41. The Morgan fingerprint density at radius 3 is 2.93 bits per heavy atom. The van der Waals surface area contributed by atoms with Gasteiger partial charge in [-0.1, -0.05) is 41.1 Å². The highest BCUT2D eigenvalue weighted by atomic mass is 79.9. The number of nitrogens with zero attached hydrogens (tertiary/aromatic N) is 1. The Labute approximate surface area is 101 Å². The minimum Gasteiger partial charge on any atom is -0.368 e. The predicted molar refractivity (Wildman–Crippen MR) is 69.9 cm³/mol. The van der Waals surface area contributed by atoms with Crippen LogP contribution in [0.25, 0.3) is 0 Å². The van der Waals surface area contributed by atoms with Gasteiger partial charge >= 0.3 is 0 Å². The van der Waals surface area contributed by atoms with Crippen molar-refractivity contribution >= 4 is 21.6 Å². The van der Waals surface area contributed by atoms with Crippen LogP contribution in [0.3, 0.4) is 0 Å². The first-order valence-electron chi connectivity index (χ1n) is 5.63. The molecule has 0 spiro atoms. The molecule has 1 nitrogen and oxygen atoms in total. The van der Waals surface area contributed by atoms with E-state index >= 15 is 0 Å². The lowest BCUT2D eigenvalue weighted by molar-refractivity contribution is 0.579. The zero-order valence-corrected chi connectivity index (χ0v) is 11.0. The van der Waals surface area contributed by atoms with E-state index in [9.17, 15) is 0 Å². The maximum Gasteiger partial charge on any atom is 0.0402 e. The first-order chi connectivity index (χ1) is 7.22. The van der Waals surface area contributed by atoms with E-state index in [2.05, 4.69) is 58.9 Å². The highest BCUT2D eigenvalue weighted by Crippen LogP contribution is 2.32. The average Bonchev–Trinajstić information content (AvgIpc) is 2.55. The van der Waals surface area contributed by atoms with Crippen LogP contribution >= 0.6 is 15.9 Å². The second-order valence-electron chi connectivity index (χ2n) is 4.59. The first kappa shape index (κ1) is 11.0. The molecule has 1 aliphatic rings. The summed E-state index contributed by atoms with van der Waals surface area (Å²) < 4.78 is 0. The molecule has 1 aromatic carbocycles. The van der Waals surface area contributed by atoms with E-state index in [1.807, 2.05) is 0 Å². The summed E-state index contributed by atoms with van der Waals surface area (Å²) in [6.45, 7) is 5.77. The van der Waals surface area contributed by atoms with Crippen molar-refractivity contribution in [1.29, 1.82) is 0 Å². The number of benzene rings is 1. The Morgan fingerprint density at radius 2 is 2.20 bits per heavy atom. The third-order valence-corrected chi connectivity index (χ3v) is 4.23. The van der Waals surface area contributed by atoms with Gasteiger partial charge in [0.2, 0.25) is 0 Å². The van der Waals surface area contributed by atoms with E-state index in [0.29, 0.717) is 12.0 Å². The summed E-state index contributed by atoms with van der Waals surface area (Å²) >= 11 is 3.56. The van der Waals surface area contributed by atoms with Gasteiger partial charge in [-0.3, -0.25) is 0 Å². The van der Waals surface area contributed by atoms with E-state index in [1.54, 1.807) is 0 Å². The molecule has 1 aliphatic heterocycles. The second-order valence-corrected chi connectivity index (χ2v) is 5.24. The van der Waals surface area contributed by atoms with Gasteiger partial charge in [-0.2, -0.15) is 0 Å². The molecule has 0 radical (unpaired) electrons. The molecule has 0 saturated carbocycles. The molecule has 82 valence electrons. The number of anilines is 1. The van der Waals surface area contributed by atoms with Crippen LogP contribution in [0.5, 0.6) is 0 Å². The van der Waals surface area contributed by atoms with E-state index in [0.717, 1.165) is 11.9 Å². The molecule has 0 amide bonds. The first-order valence-corrected chi connectivity index (χ1v) is 6.75. The molecule has 1 aromatic rings. The molecule has 1 heterocycles. The topological polar surface area (TPSA) is 3.24 Å². The summed E-state index contributed by atoms with van der Waals surface area (Å²) in [5, 5.41) is 1.08. The molecule has 15 heavy (non-hydrogen) atoms. The molecule has 0 N–H and O–H groups in total. The van der Waals surface area contributed by atoms with E-state index in [1.165, 1.54) is 17.7 Å². The molecule has 0 aliphatic carbocycles. The van der Waals surface area contributed by atoms with Crippen LogP contribution in [0.15, 0.2) is 24.3 Å². The Balaban J connectivity index is 2.18. The van der Waals surface area contributed by atoms with Gasteiger partial charge < -0.3 is 4.90 Å². The summed E-state index contributed by atoms with van der Waals surface area (Å²) in [5.41, 5.74) is 2.95. The maximum atomic E-state index is 3.56. The van der Waals surface area contributed by atoms with Crippen molar-refractivity contribution in [3.8, 4) is 0 Å². The number of hydrogen-bond acceptors (Lipinski definition) is 1. The summed E-state index contributed by atoms with van der Waals surface area (Å²) in [5.74, 6) is 0.707. The van der Waals surface area contributed by atoms with E-state index in [4.69, 9.17) is 0 Å². The lowest BCUT2D eigenvalue weighted by Crippen LogP contribution is -2.33. The average molecular weight is 268 g/mol. The molecule has 2 unspecified atom stereocenters. The van der Waals surface area contributed by atoms with Gasteiger partial charge in [-0.25, -0.2) is 0 Å². The number of rotatable bonds is 3. The Morgan fingerprint density at radius 1 is 1.47 bits per heavy atom. The third-order valence-electron chi connectivity index (χ3n) is 3.12. The van der Waals surface area contributed by atoms with Crippen LogP contribution in [0.1, 0.15) is 19.4 Å². The van der Waals surface area contributed by atoms with Crippen LogP contribution < -0.4 is 4.90 Å². The minimum atomic E-state index is 0.656. The summed E-state index contributed by atoms with van der Waals surface area (Å²) in [7, 11) is 0. The standard InChI is InChI=1S/C13H18BrN/c1-10(8-14)9-15-11(2)7-12-5-3-4-6-13(12)15/h3-6,10-11H,7-9H2,1-2H3. The quantitative estimate of drug-likeness (QED) is 0.759. The molecule has 0 saturated heterocycles. The van der Waals surface area contributed by atoms with Crippen LogP contribution in [-0.2, 0) is 6.42 Å². The van der Waals surface area contributed by atoms with Gasteiger partial charge in [0.25, 0.3) is 0 Å². The summed E-state index contributed by atoms with van der Waals surface area (Å²) in [4.78, 5) is 2.54. The van der Waals surface area contributed by atoms with Gasteiger partial charge in [-0.15, -0.1) is 0 Å². The Bertz CT molecular complexity index is 337. The fourth-order valence-corrected chi connectivity index (χ4v) is 2.50. The number of para-hydroxylation sites is 1. The monoisotopic (exact) mass is 267 g/mol. The van der Waals surface area contributed by atoms with Crippen molar-refractivity contribution in [3.63, 3.8) is 0 Å². The van der Waals surface area contributed by atoms with Crippen molar-refractivity contribution in [1.82, 2.24) is 0 Å². The van der Waals surface area contributed by atoms with Gasteiger partial charge in [0.15, 0.2) is 0 Å². The highest BCUT2D eigenvalue weighted by molar-refractivity contribution is 9.09. The van der Waals surface area contributed by atoms with Gasteiger partial charge in [0.1, 0.15) is 0 Å². The van der Waals surface area contributed by atoms with Gasteiger partial charge in [0.05, 0.1) is 0 Å². The largest absolute Gasteiger partial charge is 0.368 e. The molecule has 2 rings (SSSR count). The Hall–Kier alpha value is -0.500. The highest BCUT2D eigenvalue weighted by Gasteiger charge is 2.25. The van der Waals surface area contributed by atoms with Crippen molar-refractivity contribution in [2.45, 2.75) is 26.3 Å².